The number of hydrogen-bond acceptors (Lipinski definition) is 4. The van der Waals surface area contributed by atoms with Crippen molar-refractivity contribution in [3.63, 3.8) is 0 Å². The first kappa shape index (κ1) is 17.4. The lowest BCUT2D eigenvalue weighted by molar-refractivity contribution is -0.131. The molecule has 0 radical (unpaired) electrons. The molecular formula is C19H21N5O3. The molecule has 0 spiro atoms. The van der Waals surface area contributed by atoms with Crippen LogP contribution in [0.2, 0.25) is 0 Å². The van der Waals surface area contributed by atoms with Crippen LogP contribution in [0.4, 0.5) is 4.79 Å². The van der Waals surface area contributed by atoms with Gasteiger partial charge in [0.05, 0.1) is 11.6 Å². The minimum absolute atomic E-state index is 0.113. The molecule has 1 aromatic rings. The highest BCUT2D eigenvalue weighted by Gasteiger charge is 2.41. The second-order valence-corrected chi connectivity index (χ2v) is 6.83. The molecule has 0 aromatic carbocycles. The summed E-state index contributed by atoms with van der Waals surface area (Å²) in [6.07, 6.45) is 9.93. The Morgan fingerprint density at radius 1 is 1.22 bits per heavy atom. The molecule has 1 saturated heterocycles. The fourth-order valence-corrected chi connectivity index (χ4v) is 3.73. The number of rotatable bonds is 3. The number of nitrogens with zero attached hydrogens (tertiary/aromatic N) is 5. The standard InChI is InChI=1S/C19H21N5O3/c1-2-23-12-9-16(21-23)18(26)22-10-7-13(8-11-22)24-17(25)14-5-3-4-6-15(14)20-19(24)27/h3-6,9,12-14H,2,7-8,10-11H2,1H3. The second-order valence-electron chi connectivity index (χ2n) is 6.83. The van der Waals surface area contributed by atoms with E-state index in [2.05, 4.69) is 10.1 Å². The maximum absolute atomic E-state index is 12.8. The molecule has 1 aliphatic carbocycles. The Morgan fingerprint density at radius 3 is 2.70 bits per heavy atom. The highest BCUT2D eigenvalue weighted by molar-refractivity contribution is 6.21. The summed E-state index contributed by atoms with van der Waals surface area (Å²) in [6, 6.07) is 0.985. The fourth-order valence-electron chi connectivity index (χ4n) is 3.73. The molecule has 1 unspecified atom stereocenters. The Labute approximate surface area is 156 Å². The number of fused-ring (bicyclic) bond motifs is 1. The smallest absolute Gasteiger partial charge is 0.337 e. The van der Waals surface area contributed by atoms with Crippen molar-refractivity contribution in [1.82, 2.24) is 19.6 Å². The number of hydrogen-bond donors (Lipinski definition) is 0. The van der Waals surface area contributed by atoms with E-state index < -0.39 is 11.9 Å². The lowest BCUT2D eigenvalue weighted by Gasteiger charge is -2.39. The van der Waals surface area contributed by atoms with Crippen LogP contribution in [0.3, 0.4) is 0 Å². The molecule has 4 amide bonds. The summed E-state index contributed by atoms with van der Waals surface area (Å²) in [6.45, 7) is 3.64. The van der Waals surface area contributed by atoms with Crippen molar-refractivity contribution in [2.24, 2.45) is 10.9 Å². The van der Waals surface area contributed by atoms with Gasteiger partial charge in [0.15, 0.2) is 0 Å². The van der Waals surface area contributed by atoms with E-state index in [0.29, 0.717) is 43.9 Å². The van der Waals surface area contributed by atoms with E-state index in [-0.39, 0.29) is 17.9 Å². The van der Waals surface area contributed by atoms with E-state index in [1.54, 1.807) is 46.1 Å². The predicted octanol–water partition coefficient (Wildman–Crippen LogP) is 1.65. The molecule has 3 aliphatic rings. The largest absolute Gasteiger partial charge is 0.350 e. The van der Waals surface area contributed by atoms with Crippen LogP contribution < -0.4 is 0 Å². The Morgan fingerprint density at radius 2 is 2.00 bits per heavy atom. The minimum Gasteiger partial charge on any atom is -0.337 e. The Kier molecular flexibility index (Phi) is 4.47. The van der Waals surface area contributed by atoms with Crippen molar-refractivity contribution >= 4 is 23.6 Å². The molecule has 3 heterocycles. The number of aromatic nitrogens is 2. The first-order chi connectivity index (χ1) is 13.1. The van der Waals surface area contributed by atoms with Crippen LogP contribution in [0.15, 0.2) is 41.6 Å². The number of aryl methyl sites for hydroxylation is 1. The number of aliphatic imine (C=N–C) groups is 1. The van der Waals surface area contributed by atoms with Crippen molar-refractivity contribution in [2.75, 3.05) is 13.1 Å². The van der Waals surface area contributed by atoms with E-state index in [0.717, 1.165) is 0 Å². The molecule has 0 N–H and O–H groups in total. The molecule has 4 rings (SSSR count). The Bertz CT molecular complexity index is 874. The Balaban J connectivity index is 1.43. The molecule has 2 aliphatic heterocycles. The lowest BCUT2D eigenvalue weighted by atomic mass is 9.93. The summed E-state index contributed by atoms with van der Waals surface area (Å²) in [7, 11) is 0. The van der Waals surface area contributed by atoms with Gasteiger partial charge in [0, 0.05) is 31.9 Å². The zero-order chi connectivity index (χ0) is 19.0. The van der Waals surface area contributed by atoms with Gasteiger partial charge in [0.25, 0.3) is 5.91 Å². The van der Waals surface area contributed by atoms with Crippen molar-refractivity contribution in [2.45, 2.75) is 32.4 Å². The van der Waals surface area contributed by atoms with E-state index in [4.69, 9.17) is 0 Å². The summed E-state index contributed by atoms with van der Waals surface area (Å²) in [5.74, 6) is -0.819. The molecule has 1 atom stereocenters. The summed E-state index contributed by atoms with van der Waals surface area (Å²) >= 11 is 0. The van der Waals surface area contributed by atoms with Gasteiger partial charge in [-0.15, -0.1) is 0 Å². The third-order valence-corrected chi connectivity index (χ3v) is 5.24. The van der Waals surface area contributed by atoms with Gasteiger partial charge in [-0.05, 0) is 31.9 Å². The Hall–Kier alpha value is -3.03. The number of carbonyl (C=O) groups excluding carboxylic acids is 3. The third-order valence-electron chi connectivity index (χ3n) is 5.24. The molecule has 0 bridgehead atoms. The number of carbonyl (C=O) groups is 3. The number of piperidine rings is 1. The number of amides is 4. The normalized spacial score (nSPS) is 22.9. The predicted molar refractivity (Wildman–Crippen MR) is 98.3 cm³/mol. The van der Waals surface area contributed by atoms with E-state index in [9.17, 15) is 14.4 Å². The number of likely N-dealkylation sites (tertiary alicyclic amines) is 1. The topological polar surface area (TPSA) is 87.9 Å². The fraction of sp³-hybridized carbons (Fsp3) is 0.421. The van der Waals surface area contributed by atoms with Crippen molar-refractivity contribution in [3.8, 4) is 0 Å². The van der Waals surface area contributed by atoms with Gasteiger partial charge < -0.3 is 4.90 Å². The van der Waals surface area contributed by atoms with Crippen molar-refractivity contribution in [3.05, 3.63) is 42.3 Å². The average molecular weight is 367 g/mol. The van der Waals surface area contributed by atoms with Crippen molar-refractivity contribution in [1.29, 1.82) is 0 Å². The molecule has 27 heavy (non-hydrogen) atoms. The summed E-state index contributed by atoms with van der Waals surface area (Å²) in [5, 5.41) is 4.26. The molecule has 140 valence electrons. The van der Waals surface area contributed by atoms with Gasteiger partial charge in [-0.25, -0.2) is 4.79 Å². The van der Waals surface area contributed by atoms with Crippen molar-refractivity contribution < 1.29 is 14.4 Å². The quantitative estimate of drug-likeness (QED) is 0.813. The van der Waals surface area contributed by atoms with Crippen LogP contribution in [0.1, 0.15) is 30.3 Å². The van der Waals surface area contributed by atoms with Crippen LogP contribution in [0.25, 0.3) is 0 Å². The van der Waals surface area contributed by atoms with E-state index >= 15 is 0 Å². The van der Waals surface area contributed by atoms with Crippen LogP contribution >= 0.6 is 0 Å². The number of urea groups is 1. The van der Waals surface area contributed by atoms with Gasteiger partial charge in [0.2, 0.25) is 5.91 Å². The average Bonchev–Trinajstić information content (AvgIpc) is 3.17. The molecule has 8 heteroatoms. The second kappa shape index (κ2) is 6.94. The zero-order valence-electron chi connectivity index (χ0n) is 15.1. The van der Waals surface area contributed by atoms with E-state index in [1.165, 1.54) is 4.90 Å². The highest BCUT2D eigenvalue weighted by Crippen LogP contribution is 2.26. The van der Waals surface area contributed by atoms with Gasteiger partial charge in [-0.2, -0.15) is 10.1 Å². The summed E-state index contributed by atoms with van der Waals surface area (Å²) in [4.78, 5) is 44.9. The van der Waals surface area contributed by atoms with Crippen LogP contribution in [0.5, 0.6) is 0 Å². The summed E-state index contributed by atoms with van der Waals surface area (Å²) < 4.78 is 1.72. The first-order valence-electron chi connectivity index (χ1n) is 9.21. The zero-order valence-corrected chi connectivity index (χ0v) is 15.1. The molecule has 8 nitrogen and oxygen atoms in total. The maximum Gasteiger partial charge on any atom is 0.350 e. The SMILES string of the molecule is CCn1ccc(C(=O)N2CCC(N3C(=O)N=C4C=CC=CC4C3=O)CC2)n1. The maximum atomic E-state index is 12.8. The summed E-state index contributed by atoms with van der Waals surface area (Å²) in [5.41, 5.74) is 0.927. The van der Waals surface area contributed by atoms with E-state index in [1.807, 2.05) is 6.92 Å². The van der Waals surface area contributed by atoms with Crippen LogP contribution in [0, 0.1) is 5.92 Å². The van der Waals surface area contributed by atoms with Gasteiger partial charge in [-0.1, -0.05) is 18.2 Å². The van der Waals surface area contributed by atoms with Gasteiger partial charge in [0.1, 0.15) is 5.69 Å². The number of allylic oxidation sites excluding steroid dienone is 3. The third kappa shape index (κ3) is 3.11. The number of imide groups is 1. The van der Waals surface area contributed by atoms with Gasteiger partial charge >= 0.3 is 6.03 Å². The molecular weight excluding hydrogens is 346 g/mol. The van der Waals surface area contributed by atoms with Gasteiger partial charge in [-0.3, -0.25) is 19.2 Å². The molecule has 1 aromatic heterocycles. The first-order valence-corrected chi connectivity index (χ1v) is 9.21. The lowest BCUT2D eigenvalue weighted by Crippen LogP contribution is -2.54. The van der Waals surface area contributed by atoms with Crippen LogP contribution in [-0.4, -0.2) is 62.3 Å². The highest BCUT2D eigenvalue weighted by atomic mass is 16.2. The molecule has 1 fully saturated rings. The van der Waals surface area contributed by atoms with Crippen LogP contribution in [-0.2, 0) is 11.3 Å². The minimum atomic E-state index is -0.502. The monoisotopic (exact) mass is 367 g/mol. The molecule has 0 saturated carbocycles.